The van der Waals surface area contributed by atoms with Gasteiger partial charge in [0.2, 0.25) is 0 Å². The third kappa shape index (κ3) is 6.84. The summed E-state index contributed by atoms with van der Waals surface area (Å²) in [7, 11) is -2.95. The number of piperidine rings is 2. The molecule has 0 bridgehead atoms. The van der Waals surface area contributed by atoms with Crippen LogP contribution in [0.25, 0.3) is 0 Å². The van der Waals surface area contributed by atoms with Crippen LogP contribution in [-0.2, 0) is 9.84 Å². The van der Waals surface area contributed by atoms with E-state index in [4.69, 9.17) is 0 Å². The van der Waals surface area contributed by atoms with Crippen LogP contribution in [0.15, 0.2) is 18.2 Å². The van der Waals surface area contributed by atoms with Crippen molar-refractivity contribution in [2.45, 2.75) is 44.7 Å². The minimum Gasteiger partial charge on any atom is -0.367 e. The van der Waals surface area contributed by atoms with Crippen LogP contribution in [0.2, 0.25) is 0 Å². The zero-order valence-corrected chi connectivity index (χ0v) is 18.7. The number of rotatable bonds is 6. The van der Waals surface area contributed by atoms with Crippen LogP contribution in [0.1, 0.15) is 31.2 Å². The van der Waals surface area contributed by atoms with E-state index in [0.717, 1.165) is 50.9 Å². The molecule has 1 aromatic rings. The lowest BCUT2D eigenvalue weighted by Gasteiger charge is -2.36. The summed E-state index contributed by atoms with van der Waals surface area (Å²) in [6.45, 7) is 5.44. The van der Waals surface area contributed by atoms with Crippen molar-refractivity contribution in [2.24, 2.45) is 0 Å². The molecule has 1 unspecified atom stereocenters. The first-order chi connectivity index (χ1) is 14.2. The van der Waals surface area contributed by atoms with Gasteiger partial charge in [0, 0.05) is 51.1 Å². The molecule has 9 heteroatoms. The number of carbonyl (C=O) groups is 1. The minimum absolute atomic E-state index is 0.0199. The molecule has 2 fully saturated rings. The number of likely N-dealkylation sites (tertiary alicyclic amines) is 1. The van der Waals surface area contributed by atoms with Crippen molar-refractivity contribution in [3.63, 3.8) is 0 Å². The van der Waals surface area contributed by atoms with Crippen LogP contribution in [0.3, 0.4) is 0 Å². The third-order valence-corrected chi connectivity index (χ3v) is 6.82. The molecule has 2 saturated heterocycles. The molecule has 2 heterocycles. The van der Waals surface area contributed by atoms with Crippen LogP contribution in [-0.4, -0.2) is 76.2 Å². The molecule has 30 heavy (non-hydrogen) atoms. The van der Waals surface area contributed by atoms with Gasteiger partial charge in [-0.25, -0.2) is 17.6 Å². The Balaban J connectivity index is 1.43. The fourth-order valence-corrected chi connectivity index (χ4v) is 4.78. The van der Waals surface area contributed by atoms with Gasteiger partial charge in [-0.05, 0) is 50.3 Å². The molecular weight excluding hydrogens is 407 g/mol. The number of amides is 2. The Bertz CT molecular complexity index is 841. The maximum Gasteiger partial charge on any atom is 0.315 e. The molecule has 2 amide bonds. The van der Waals surface area contributed by atoms with Gasteiger partial charge in [0.1, 0.15) is 15.7 Å². The highest BCUT2D eigenvalue weighted by atomic mass is 32.2. The van der Waals surface area contributed by atoms with Crippen LogP contribution < -0.4 is 15.5 Å². The second kappa shape index (κ2) is 9.96. The average Bonchev–Trinajstić information content (AvgIpc) is 2.69. The lowest BCUT2D eigenvalue weighted by Crippen LogP contribution is -2.54. The number of carbonyl (C=O) groups excluding carboxylic acids is 1. The third-order valence-electron chi connectivity index (χ3n) is 5.90. The first-order valence-corrected chi connectivity index (χ1v) is 12.7. The fourth-order valence-electron chi connectivity index (χ4n) is 4.19. The standard InChI is InChI=1S/C21H33FN4O3S/c1-16-5-6-19(22)20(14-16)26-9-3-4-18(15-26)24-21(27)23-17-7-10-25(11-8-17)12-13-30(2,28)29/h5-6,14,17-18H,3-4,7-13,15H2,1-2H3,(H2,23,24,27). The Hall–Kier alpha value is -1.87. The van der Waals surface area contributed by atoms with Gasteiger partial charge in [0.15, 0.2) is 0 Å². The maximum atomic E-state index is 14.2. The monoisotopic (exact) mass is 440 g/mol. The average molecular weight is 441 g/mol. The Kier molecular flexibility index (Phi) is 7.57. The van der Waals surface area contributed by atoms with Crippen molar-refractivity contribution >= 4 is 21.6 Å². The molecule has 0 aromatic heterocycles. The van der Waals surface area contributed by atoms with E-state index in [-0.39, 0.29) is 29.7 Å². The van der Waals surface area contributed by atoms with E-state index in [1.54, 1.807) is 6.07 Å². The zero-order chi connectivity index (χ0) is 21.7. The summed E-state index contributed by atoms with van der Waals surface area (Å²) in [4.78, 5) is 16.6. The van der Waals surface area contributed by atoms with E-state index in [2.05, 4.69) is 15.5 Å². The van der Waals surface area contributed by atoms with Gasteiger partial charge in [-0.2, -0.15) is 0 Å². The second-order valence-corrected chi connectivity index (χ2v) is 10.9. The summed E-state index contributed by atoms with van der Waals surface area (Å²) >= 11 is 0. The predicted octanol–water partition coefficient (Wildman–Crippen LogP) is 1.91. The summed E-state index contributed by atoms with van der Waals surface area (Å²) in [5.74, 6) is -0.0565. The summed E-state index contributed by atoms with van der Waals surface area (Å²) in [5.41, 5.74) is 1.62. The molecular formula is C21H33FN4O3S. The molecule has 168 valence electrons. The molecule has 0 spiro atoms. The number of halogens is 1. The van der Waals surface area contributed by atoms with Gasteiger partial charge in [-0.15, -0.1) is 0 Å². The Labute approximate surface area is 178 Å². The van der Waals surface area contributed by atoms with Crippen LogP contribution >= 0.6 is 0 Å². The molecule has 2 N–H and O–H groups in total. The lowest BCUT2D eigenvalue weighted by atomic mass is 10.0. The van der Waals surface area contributed by atoms with Crippen LogP contribution in [0, 0.1) is 12.7 Å². The van der Waals surface area contributed by atoms with Gasteiger partial charge in [-0.3, -0.25) is 0 Å². The highest BCUT2D eigenvalue weighted by Gasteiger charge is 2.25. The van der Waals surface area contributed by atoms with E-state index in [1.165, 1.54) is 12.3 Å². The minimum atomic E-state index is -2.95. The van der Waals surface area contributed by atoms with Crippen LogP contribution in [0.4, 0.5) is 14.9 Å². The van der Waals surface area contributed by atoms with Gasteiger partial charge in [-0.1, -0.05) is 6.07 Å². The first kappa shape index (κ1) is 22.8. The molecule has 1 atom stereocenters. The van der Waals surface area contributed by atoms with Crippen molar-refractivity contribution in [1.82, 2.24) is 15.5 Å². The molecule has 7 nitrogen and oxygen atoms in total. The Morgan fingerprint density at radius 1 is 1.13 bits per heavy atom. The quantitative estimate of drug-likeness (QED) is 0.706. The highest BCUT2D eigenvalue weighted by molar-refractivity contribution is 7.90. The topological polar surface area (TPSA) is 81.8 Å². The van der Waals surface area contributed by atoms with E-state index >= 15 is 0 Å². The Morgan fingerprint density at radius 2 is 1.83 bits per heavy atom. The molecule has 3 rings (SSSR count). The fraction of sp³-hybridized carbons (Fsp3) is 0.667. The number of sulfone groups is 1. The predicted molar refractivity (Wildman–Crippen MR) is 117 cm³/mol. The highest BCUT2D eigenvalue weighted by Crippen LogP contribution is 2.24. The summed E-state index contributed by atoms with van der Waals surface area (Å²) in [6.07, 6.45) is 4.65. The van der Waals surface area contributed by atoms with E-state index in [9.17, 15) is 17.6 Å². The number of nitrogens with zero attached hydrogens (tertiary/aromatic N) is 2. The lowest BCUT2D eigenvalue weighted by molar-refractivity contribution is 0.197. The number of anilines is 1. The van der Waals surface area contributed by atoms with E-state index < -0.39 is 9.84 Å². The second-order valence-electron chi connectivity index (χ2n) is 8.60. The smallest absolute Gasteiger partial charge is 0.315 e. The number of hydrogen-bond acceptors (Lipinski definition) is 5. The molecule has 2 aliphatic heterocycles. The summed E-state index contributed by atoms with van der Waals surface area (Å²) < 4.78 is 36.8. The van der Waals surface area contributed by atoms with Gasteiger partial charge >= 0.3 is 6.03 Å². The number of nitrogens with one attached hydrogen (secondary N) is 2. The normalized spacial score (nSPS) is 21.4. The van der Waals surface area contributed by atoms with Crippen LogP contribution in [0.5, 0.6) is 0 Å². The van der Waals surface area contributed by atoms with Crippen molar-refractivity contribution in [2.75, 3.05) is 49.6 Å². The van der Waals surface area contributed by atoms with Crippen molar-refractivity contribution < 1.29 is 17.6 Å². The largest absolute Gasteiger partial charge is 0.367 e. The first-order valence-electron chi connectivity index (χ1n) is 10.7. The number of hydrogen-bond donors (Lipinski definition) is 2. The van der Waals surface area contributed by atoms with Gasteiger partial charge in [0.05, 0.1) is 11.4 Å². The molecule has 2 aliphatic rings. The van der Waals surface area contributed by atoms with Crippen molar-refractivity contribution in [3.05, 3.63) is 29.6 Å². The summed E-state index contributed by atoms with van der Waals surface area (Å²) in [5, 5.41) is 6.10. The number of benzene rings is 1. The molecule has 0 radical (unpaired) electrons. The number of aryl methyl sites for hydroxylation is 1. The van der Waals surface area contributed by atoms with Crippen molar-refractivity contribution in [1.29, 1.82) is 0 Å². The summed E-state index contributed by atoms with van der Waals surface area (Å²) in [6, 6.07) is 5.01. The maximum absolute atomic E-state index is 14.2. The zero-order valence-electron chi connectivity index (χ0n) is 17.9. The number of urea groups is 1. The Morgan fingerprint density at radius 3 is 2.53 bits per heavy atom. The van der Waals surface area contributed by atoms with E-state index in [0.29, 0.717) is 18.8 Å². The molecule has 1 aromatic carbocycles. The van der Waals surface area contributed by atoms with E-state index in [1.807, 2.05) is 17.9 Å². The van der Waals surface area contributed by atoms with Crippen molar-refractivity contribution in [3.8, 4) is 0 Å². The molecule has 0 aliphatic carbocycles. The SMILES string of the molecule is Cc1ccc(F)c(N2CCCC(NC(=O)NC3CCN(CCS(C)(=O)=O)CC3)C2)c1. The van der Waals surface area contributed by atoms with Gasteiger partial charge < -0.3 is 20.4 Å². The van der Waals surface area contributed by atoms with Gasteiger partial charge in [0.25, 0.3) is 0 Å². The molecule has 0 saturated carbocycles.